The first kappa shape index (κ1) is 27.7. The summed E-state index contributed by atoms with van der Waals surface area (Å²) in [4.78, 5) is 44.2. The van der Waals surface area contributed by atoms with Gasteiger partial charge in [-0.2, -0.15) is 0 Å². The second-order valence-electron chi connectivity index (χ2n) is 6.16. The molecule has 0 heterocycles. The third-order valence-corrected chi connectivity index (χ3v) is 6.86. The second-order valence-corrected chi connectivity index (χ2v) is 10.3. The number of hydrogen-bond donors (Lipinski definition) is 7. The molecule has 0 aliphatic heterocycles. The second kappa shape index (κ2) is 14.7. The van der Waals surface area contributed by atoms with Crippen molar-refractivity contribution < 1.29 is 29.4 Å². The Morgan fingerprint density at radius 3 is 1.97 bits per heavy atom. The lowest BCUT2D eigenvalue weighted by Crippen LogP contribution is -2.41. The first-order valence-corrected chi connectivity index (χ1v) is 13.0. The van der Waals surface area contributed by atoms with Gasteiger partial charge in [0.05, 0.1) is 0 Å². The Morgan fingerprint density at radius 1 is 0.969 bits per heavy atom. The highest BCUT2D eigenvalue weighted by atomic mass is 33.1. The number of anilines is 2. The maximum atomic E-state index is 11.1. The van der Waals surface area contributed by atoms with Gasteiger partial charge in [-0.05, 0) is 24.3 Å². The molecule has 2 atom stereocenters. The van der Waals surface area contributed by atoms with Crippen molar-refractivity contribution >= 4 is 90.1 Å². The quantitative estimate of drug-likeness (QED) is 0.122. The number of carboxylic acid groups (broad SMARTS) is 2. The number of carbonyl (C=O) groups is 4. The number of hydrogen-bond acceptors (Lipinski definition) is 7. The molecule has 14 heteroatoms. The van der Waals surface area contributed by atoms with E-state index >= 15 is 0 Å². The summed E-state index contributed by atoms with van der Waals surface area (Å²) in [5.41, 5.74) is 3.26. The molecule has 0 aromatic heterocycles. The molecule has 0 aliphatic carbocycles. The van der Waals surface area contributed by atoms with E-state index in [-0.39, 0.29) is 11.5 Å². The highest BCUT2D eigenvalue weighted by Gasteiger charge is 2.19. The first-order chi connectivity index (χ1) is 15.1. The number of benzene rings is 1. The zero-order valence-corrected chi connectivity index (χ0v) is 20.5. The Morgan fingerprint density at radius 2 is 1.47 bits per heavy atom. The van der Waals surface area contributed by atoms with Crippen molar-refractivity contribution in [2.45, 2.75) is 25.9 Å². The van der Waals surface area contributed by atoms with Crippen molar-refractivity contribution in [3.05, 3.63) is 24.3 Å². The molecule has 2 amide bonds. The van der Waals surface area contributed by atoms with E-state index in [4.69, 9.17) is 22.4 Å². The number of aliphatic carboxylic acids is 2. The number of amides is 2. The van der Waals surface area contributed by atoms with E-state index < -0.39 is 35.8 Å². The number of nitrogens with one attached hydrogen (secondary N) is 4. The van der Waals surface area contributed by atoms with Gasteiger partial charge in [0.1, 0.15) is 16.4 Å². The van der Waals surface area contributed by atoms with Crippen LogP contribution >= 0.6 is 45.2 Å². The maximum absolute atomic E-state index is 11.1. The largest absolute Gasteiger partial charge is 0.480 e. The summed E-state index contributed by atoms with van der Waals surface area (Å²) in [5.74, 6) is -2.70. The minimum Gasteiger partial charge on any atom is -0.480 e. The minimum atomic E-state index is -1.13. The lowest BCUT2D eigenvalue weighted by molar-refractivity contribution is -0.141. The van der Waals surface area contributed by atoms with Gasteiger partial charge in [-0.15, -0.1) is 10.4 Å². The number of rotatable bonds is 12. The fourth-order valence-corrected chi connectivity index (χ4v) is 4.94. The Labute approximate surface area is 202 Å². The van der Waals surface area contributed by atoms with Crippen molar-refractivity contribution in [2.75, 3.05) is 22.1 Å². The summed E-state index contributed by atoms with van der Waals surface area (Å²) >= 11 is 6.32. The Balaban J connectivity index is 2.44. The van der Waals surface area contributed by atoms with Crippen LogP contribution < -0.4 is 21.3 Å². The molecule has 2 unspecified atom stereocenters. The molecule has 0 fully saturated rings. The summed E-state index contributed by atoms with van der Waals surface area (Å²) in [6, 6.07) is 5.22. The van der Waals surface area contributed by atoms with Crippen molar-refractivity contribution in [3.63, 3.8) is 0 Å². The van der Waals surface area contributed by atoms with Gasteiger partial charge in [-0.3, -0.25) is 9.59 Å². The summed E-state index contributed by atoms with van der Waals surface area (Å²) in [7, 11) is 2.12. The molecule has 176 valence electrons. The van der Waals surface area contributed by atoms with Crippen LogP contribution in [0.4, 0.5) is 11.4 Å². The normalized spacial score (nSPS) is 12.7. The molecule has 32 heavy (non-hydrogen) atoms. The van der Waals surface area contributed by atoms with Gasteiger partial charge in [0.2, 0.25) is 11.8 Å². The number of thiocarbonyl (C=S) groups is 1. The van der Waals surface area contributed by atoms with Crippen LogP contribution in [0.15, 0.2) is 24.3 Å². The zero-order valence-electron chi connectivity index (χ0n) is 17.2. The SMILES string of the molecule is CC(=O)NC(CS[SH]=CNc1ccc(NC(=S)SCC(NC(C)=O)C(=O)O)cc1)C(=O)O. The van der Waals surface area contributed by atoms with Gasteiger partial charge < -0.3 is 31.5 Å². The summed E-state index contributed by atoms with van der Waals surface area (Å²) < 4.78 is 0.371. The molecule has 1 aromatic rings. The highest BCUT2D eigenvalue weighted by Crippen LogP contribution is 2.18. The van der Waals surface area contributed by atoms with E-state index in [1.807, 2.05) is 0 Å². The van der Waals surface area contributed by atoms with Crippen molar-refractivity contribution in [3.8, 4) is 0 Å². The third kappa shape index (κ3) is 11.9. The van der Waals surface area contributed by atoms with E-state index in [9.17, 15) is 19.2 Å². The van der Waals surface area contributed by atoms with Gasteiger partial charge in [-0.1, -0.05) is 34.8 Å². The van der Waals surface area contributed by atoms with E-state index in [1.165, 1.54) is 24.6 Å². The van der Waals surface area contributed by atoms with Crippen LogP contribution in [0.5, 0.6) is 0 Å². The standard InChI is InChI=1S/C18H24N4O6S4/c1-10(23)20-14(16(25)26)7-30-18(29)22-13-5-3-12(4-6-13)19-9-32-31-8-15(17(27)28)21-11(2)24/h3-6,9,14-15,19,32H,7-8H2,1-2H3,(H,20,23)(H,21,24)(H,22,29)(H,25,26)(H,27,28). The Bertz CT molecular complexity index is 866. The van der Waals surface area contributed by atoms with Crippen LogP contribution in [0, 0.1) is 0 Å². The van der Waals surface area contributed by atoms with E-state index in [0.29, 0.717) is 10.0 Å². The number of carboxylic acids is 2. The fourth-order valence-electron chi connectivity index (χ4n) is 2.06. The minimum absolute atomic E-state index is 0.0940. The van der Waals surface area contributed by atoms with Crippen LogP contribution in [0.2, 0.25) is 0 Å². The van der Waals surface area contributed by atoms with Crippen molar-refractivity contribution in [1.29, 1.82) is 0 Å². The molecule has 0 saturated carbocycles. The highest BCUT2D eigenvalue weighted by molar-refractivity contribution is 8.75. The van der Waals surface area contributed by atoms with Crippen LogP contribution in [0.1, 0.15) is 13.8 Å². The van der Waals surface area contributed by atoms with Crippen LogP contribution in [0.25, 0.3) is 0 Å². The Kier molecular flexibility index (Phi) is 12.8. The zero-order chi connectivity index (χ0) is 24.1. The van der Waals surface area contributed by atoms with Crippen LogP contribution in [-0.2, 0) is 19.2 Å². The molecule has 1 aromatic carbocycles. The van der Waals surface area contributed by atoms with E-state index in [1.54, 1.807) is 29.8 Å². The predicted octanol–water partition coefficient (Wildman–Crippen LogP) is 1.58. The molecule has 0 spiro atoms. The van der Waals surface area contributed by atoms with Crippen molar-refractivity contribution in [1.82, 2.24) is 10.6 Å². The van der Waals surface area contributed by atoms with Gasteiger partial charge in [-0.25, -0.2) is 9.59 Å². The monoisotopic (exact) mass is 520 g/mol. The molecule has 0 aliphatic rings. The number of thioether (sulfide) groups is 1. The van der Waals surface area contributed by atoms with Gasteiger partial charge in [0.15, 0.2) is 0 Å². The van der Waals surface area contributed by atoms with Gasteiger partial charge in [0, 0.05) is 42.2 Å². The predicted molar refractivity (Wildman–Crippen MR) is 137 cm³/mol. The summed E-state index contributed by atoms with van der Waals surface area (Å²) in [5, 5.41) is 28.9. The lowest BCUT2D eigenvalue weighted by atomic mass is 10.3. The van der Waals surface area contributed by atoms with Gasteiger partial charge in [0.25, 0.3) is 0 Å². The lowest BCUT2D eigenvalue weighted by Gasteiger charge is -2.14. The smallest absolute Gasteiger partial charge is 0.327 e. The maximum Gasteiger partial charge on any atom is 0.327 e. The molecular weight excluding hydrogens is 496 g/mol. The average Bonchev–Trinajstić information content (AvgIpc) is 2.70. The topological polar surface area (TPSA) is 157 Å². The molecule has 1 rings (SSSR count). The summed E-state index contributed by atoms with van der Waals surface area (Å²) in [6.07, 6.45) is 0. The third-order valence-electron chi connectivity index (χ3n) is 3.46. The van der Waals surface area contributed by atoms with Gasteiger partial charge >= 0.3 is 11.9 Å². The number of carbonyl (C=O) groups excluding carboxylic acids is 2. The first-order valence-electron chi connectivity index (χ1n) is 9.02. The molecule has 6 N–H and O–H groups in total. The van der Waals surface area contributed by atoms with Crippen LogP contribution in [-0.4, -0.2) is 67.4 Å². The molecule has 10 nitrogen and oxygen atoms in total. The van der Waals surface area contributed by atoms with Crippen molar-refractivity contribution in [2.24, 2.45) is 0 Å². The average molecular weight is 521 g/mol. The molecule has 0 bridgehead atoms. The fraction of sp³-hybridized carbons (Fsp3) is 0.333. The summed E-state index contributed by atoms with van der Waals surface area (Å²) in [6.45, 7) is 2.52. The number of thiol groups is 1. The van der Waals surface area contributed by atoms with Crippen LogP contribution in [0.3, 0.4) is 0 Å². The molecule has 0 radical (unpaired) electrons. The van der Waals surface area contributed by atoms with E-state index in [0.717, 1.165) is 27.8 Å². The molecular formula is C18H24N4O6S4. The van der Waals surface area contributed by atoms with E-state index in [2.05, 4.69) is 21.3 Å². The molecule has 0 saturated heterocycles. The Hall–Kier alpha value is -2.29.